The molecular weight excluding hydrogens is 298 g/mol. The summed E-state index contributed by atoms with van der Waals surface area (Å²) in [5, 5.41) is 0. The molecule has 0 spiro atoms. The molecule has 0 aliphatic carbocycles. The highest BCUT2D eigenvalue weighted by molar-refractivity contribution is 5.97. The highest BCUT2D eigenvalue weighted by Gasteiger charge is 2.19. The van der Waals surface area contributed by atoms with Crippen LogP contribution in [0.5, 0.6) is 11.5 Å². The van der Waals surface area contributed by atoms with Gasteiger partial charge in [-0.2, -0.15) is 0 Å². The summed E-state index contributed by atoms with van der Waals surface area (Å²) < 4.78 is 11.5. The van der Waals surface area contributed by atoms with Crippen LogP contribution < -0.4 is 26.5 Å². The lowest BCUT2D eigenvalue weighted by Crippen LogP contribution is -3.00. The van der Waals surface area contributed by atoms with E-state index >= 15 is 0 Å². The fourth-order valence-electron chi connectivity index (χ4n) is 1.74. The number of benzene rings is 1. The molecule has 1 aromatic carbocycles. The van der Waals surface area contributed by atoms with Gasteiger partial charge in [0.1, 0.15) is 19.8 Å². The van der Waals surface area contributed by atoms with E-state index in [1.807, 2.05) is 21.1 Å². The van der Waals surface area contributed by atoms with Crippen molar-refractivity contribution >= 4 is 5.78 Å². The van der Waals surface area contributed by atoms with Crippen LogP contribution in [0.4, 0.5) is 0 Å². The molecule has 0 atom stereocenters. The summed E-state index contributed by atoms with van der Waals surface area (Å²) in [7, 11) is 5.99. The van der Waals surface area contributed by atoms with E-state index in [9.17, 15) is 4.79 Å². The van der Waals surface area contributed by atoms with Crippen LogP contribution in [-0.2, 0) is 0 Å². The largest absolute Gasteiger partial charge is 1.00 e. The summed E-state index contributed by atoms with van der Waals surface area (Å²) >= 11 is 0. The molecule has 4 nitrogen and oxygen atoms in total. The van der Waals surface area contributed by atoms with E-state index in [1.165, 1.54) is 0 Å². The molecular formula is C13H18BrNO3. The molecule has 1 aromatic rings. The number of quaternary nitrogens is 1. The molecule has 1 heterocycles. The van der Waals surface area contributed by atoms with Crippen LogP contribution in [-0.4, -0.2) is 51.2 Å². The zero-order valence-corrected chi connectivity index (χ0v) is 12.5. The number of ketones is 1. The van der Waals surface area contributed by atoms with Gasteiger partial charge in [0.05, 0.1) is 21.1 Å². The smallest absolute Gasteiger partial charge is 0.217 e. The summed E-state index contributed by atoms with van der Waals surface area (Å²) in [6, 6.07) is 5.37. The highest BCUT2D eigenvalue weighted by Crippen LogP contribution is 2.30. The molecule has 0 saturated carbocycles. The maximum absolute atomic E-state index is 12.0. The number of fused-ring (bicyclic) bond motifs is 1. The Kier molecular flexibility index (Phi) is 4.76. The average Bonchev–Trinajstić information content (AvgIpc) is 2.26. The van der Waals surface area contributed by atoms with Gasteiger partial charge in [-0.25, -0.2) is 0 Å². The lowest BCUT2D eigenvalue weighted by molar-refractivity contribution is -0.861. The third-order valence-corrected chi connectivity index (χ3v) is 2.48. The van der Waals surface area contributed by atoms with Crippen LogP contribution in [0.2, 0.25) is 0 Å². The van der Waals surface area contributed by atoms with Gasteiger partial charge in [0.2, 0.25) is 5.78 Å². The van der Waals surface area contributed by atoms with E-state index in [1.54, 1.807) is 18.2 Å². The van der Waals surface area contributed by atoms with Crippen molar-refractivity contribution in [3.05, 3.63) is 23.8 Å². The Morgan fingerprint density at radius 1 is 1.17 bits per heavy atom. The Labute approximate surface area is 118 Å². The lowest BCUT2D eigenvalue weighted by Gasteiger charge is -2.23. The number of hydrogen-bond acceptors (Lipinski definition) is 3. The van der Waals surface area contributed by atoms with Crippen molar-refractivity contribution in [1.29, 1.82) is 0 Å². The Hall–Kier alpha value is -1.07. The molecule has 100 valence electrons. The Balaban J connectivity index is 0.00000162. The van der Waals surface area contributed by atoms with Crippen molar-refractivity contribution in [2.45, 2.75) is 0 Å². The van der Waals surface area contributed by atoms with Crippen molar-refractivity contribution < 1.29 is 35.7 Å². The Morgan fingerprint density at radius 3 is 2.39 bits per heavy atom. The second kappa shape index (κ2) is 5.71. The van der Waals surface area contributed by atoms with E-state index in [-0.39, 0.29) is 22.8 Å². The zero-order valence-electron chi connectivity index (χ0n) is 10.9. The molecule has 0 aromatic heterocycles. The molecule has 0 unspecified atom stereocenters. The SMILES string of the molecule is C[N+](C)(C)CC(=O)c1ccc2c(c1)OCCO2.[Br-]. The lowest BCUT2D eigenvalue weighted by atomic mass is 10.1. The number of hydrogen-bond donors (Lipinski definition) is 0. The first-order valence-electron chi connectivity index (χ1n) is 5.69. The fraction of sp³-hybridized carbons (Fsp3) is 0.462. The molecule has 18 heavy (non-hydrogen) atoms. The van der Waals surface area contributed by atoms with Crippen LogP contribution in [0.3, 0.4) is 0 Å². The number of carbonyl (C=O) groups excluding carboxylic acids is 1. The maximum atomic E-state index is 12.0. The minimum absolute atomic E-state index is 0. The van der Waals surface area contributed by atoms with Gasteiger partial charge in [0.15, 0.2) is 11.5 Å². The van der Waals surface area contributed by atoms with Gasteiger partial charge in [-0.1, -0.05) is 0 Å². The number of rotatable bonds is 3. The number of Topliss-reactive ketones (excluding diaryl/α,β-unsaturated/α-hetero) is 1. The number of halogens is 1. The van der Waals surface area contributed by atoms with Crippen LogP contribution in [0.25, 0.3) is 0 Å². The Morgan fingerprint density at radius 2 is 1.78 bits per heavy atom. The molecule has 0 bridgehead atoms. The molecule has 0 saturated heterocycles. The van der Waals surface area contributed by atoms with Crippen molar-refractivity contribution in [3.8, 4) is 11.5 Å². The van der Waals surface area contributed by atoms with Gasteiger partial charge in [-0.3, -0.25) is 4.79 Å². The number of likely N-dealkylation sites (N-methyl/N-ethyl adjacent to an activating group) is 1. The summed E-state index contributed by atoms with van der Waals surface area (Å²) in [6.45, 7) is 1.58. The zero-order chi connectivity index (χ0) is 12.5. The van der Waals surface area contributed by atoms with E-state index in [0.717, 1.165) is 5.75 Å². The molecule has 0 radical (unpaired) electrons. The second-order valence-electron chi connectivity index (χ2n) is 5.23. The number of nitrogens with zero attached hydrogens (tertiary/aromatic N) is 1. The summed E-state index contributed by atoms with van der Waals surface area (Å²) in [5.74, 6) is 1.51. The van der Waals surface area contributed by atoms with Gasteiger partial charge in [-0.05, 0) is 18.2 Å². The average molecular weight is 316 g/mol. The second-order valence-corrected chi connectivity index (χ2v) is 5.23. The number of carbonyl (C=O) groups is 1. The monoisotopic (exact) mass is 315 g/mol. The molecule has 0 amide bonds. The molecule has 1 aliphatic rings. The highest BCUT2D eigenvalue weighted by atomic mass is 79.9. The van der Waals surface area contributed by atoms with Crippen LogP contribution in [0.1, 0.15) is 10.4 Å². The Bertz CT molecular complexity index is 440. The van der Waals surface area contributed by atoms with Gasteiger partial charge < -0.3 is 30.9 Å². The van der Waals surface area contributed by atoms with E-state index in [4.69, 9.17) is 9.47 Å². The summed E-state index contributed by atoms with van der Waals surface area (Å²) in [5.41, 5.74) is 0.683. The predicted octanol–water partition coefficient (Wildman–Crippen LogP) is -1.65. The third kappa shape index (κ3) is 3.71. The number of ether oxygens (including phenoxy) is 2. The van der Waals surface area contributed by atoms with Crippen LogP contribution in [0.15, 0.2) is 18.2 Å². The maximum Gasteiger partial charge on any atom is 0.217 e. The third-order valence-electron chi connectivity index (χ3n) is 2.48. The van der Waals surface area contributed by atoms with Gasteiger partial charge >= 0.3 is 0 Å². The van der Waals surface area contributed by atoms with Crippen molar-refractivity contribution in [2.24, 2.45) is 0 Å². The normalized spacial score (nSPS) is 13.7. The summed E-state index contributed by atoms with van der Waals surface area (Å²) in [4.78, 5) is 12.0. The molecule has 1 aliphatic heterocycles. The van der Waals surface area contributed by atoms with Crippen molar-refractivity contribution in [2.75, 3.05) is 40.9 Å². The van der Waals surface area contributed by atoms with E-state index in [2.05, 4.69) is 0 Å². The quantitative estimate of drug-likeness (QED) is 0.495. The first-order chi connectivity index (χ1) is 7.96. The summed E-state index contributed by atoms with van der Waals surface area (Å²) in [6.07, 6.45) is 0. The molecule has 2 rings (SSSR count). The molecule has 5 heteroatoms. The first-order valence-corrected chi connectivity index (χ1v) is 5.69. The standard InChI is InChI=1S/C13H18NO3.BrH/c1-14(2,3)9-11(15)10-4-5-12-13(8-10)17-7-6-16-12;/h4-5,8H,6-7,9H2,1-3H3;1H/q+1;/p-1. The van der Waals surface area contributed by atoms with Crippen LogP contribution in [0, 0.1) is 0 Å². The van der Waals surface area contributed by atoms with E-state index in [0.29, 0.717) is 35.6 Å². The topological polar surface area (TPSA) is 35.5 Å². The minimum Gasteiger partial charge on any atom is -1.00 e. The van der Waals surface area contributed by atoms with Crippen LogP contribution >= 0.6 is 0 Å². The minimum atomic E-state index is 0. The predicted molar refractivity (Wildman–Crippen MR) is 64.7 cm³/mol. The fourth-order valence-corrected chi connectivity index (χ4v) is 1.74. The van der Waals surface area contributed by atoms with E-state index < -0.39 is 0 Å². The first kappa shape index (κ1) is 15.0. The van der Waals surface area contributed by atoms with Gasteiger partial charge in [-0.15, -0.1) is 0 Å². The van der Waals surface area contributed by atoms with Gasteiger partial charge in [0, 0.05) is 5.56 Å². The van der Waals surface area contributed by atoms with Crippen molar-refractivity contribution in [3.63, 3.8) is 0 Å². The van der Waals surface area contributed by atoms with Crippen molar-refractivity contribution in [1.82, 2.24) is 0 Å². The van der Waals surface area contributed by atoms with Gasteiger partial charge in [0.25, 0.3) is 0 Å². The molecule has 0 N–H and O–H groups in total. The molecule has 0 fully saturated rings.